The number of carbonyl (C=O) groups excluding carboxylic acids is 2. The van der Waals surface area contributed by atoms with Crippen molar-refractivity contribution in [1.82, 2.24) is 5.32 Å². The lowest BCUT2D eigenvalue weighted by Gasteiger charge is -2.09. The number of nitrogens with one attached hydrogen (secondary N) is 2. The summed E-state index contributed by atoms with van der Waals surface area (Å²) in [5.74, 6) is 0.0931. The van der Waals surface area contributed by atoms with E-state index in [0.717, 1.165) is 6.42 Å². The Kier molecular flexibility index (Phi) is 6.29. The van der Waals surface area contributed by atoms with Gasteiger partial charge in [0.05, 0.1) is 12.1 Å². The number of thioether (sulfide) groups is 1. The van der Waals surface area contributed by atoms with Crippen LogP contribution >= 0.6 is 23.4 Å². The van der Waals surface area contributed by atoms with Gasteiger partial charge in [0.1, 0.15) is 11.0 Å². The molecule has 2 N–H and O–H groups in total. The third-order valence-electron chi connectivity index (χ3n) is 3.06. The van der Waals surface area contributed by atoms with E-state index in [2.05, 4.69) is 15.6 Å². The molecule has 0 spiro atoms. The summed E-state index contributed by atoms with van der Waals surface area (Å²) in [6.45, 7) is 2.67. The topological polar surface area (TPSA) is 79.8 Å². The highest BCUT2D eigenvalue weighted by Gasteiger charge is 2.31. The van der Waals surface area contributed by atoms with Gasteiger partial charge < -0.3 is 15.4 Å². The molecule has 1 aliphatic rings. The van der Waals surface area contributed by atoms with Crippen molar-refractivity contribution in [2.75, 3.05) is 19.0 Å². The molecule has 0 aliphatic carbocycles. The summed E-state index contributed by atoms with van der Waals surface area (Å²) in [7, 11) is 1.52. The molecule has 8 heteroatoms. The molecule has 1 aromatic rings. The Morgan fingerprint density at radius 1 is 1.52 bits per heavy atom. The zero-order valence-corrected chi connectivity index (χ0v) is 14.5. The zero-order chi connectivity index (χ0) is 16.8. The number of halogens is 1. The number of methoxy groups -OCH3 is 1. The van der Waals surface area contributed by atoms with Crippen molar-refractivity contribution >= 4 is 46.0 Å². The number of ether oxygens (including phenoxy) is 1. The van der Waals surface area contributed by atoms with Gasteiger partial charge in [0.2, 0.25) is 11.8 Å². The lowest BCUT2D eigenvalue weighted by atomic mass is 10.2. The van der Waals surface area contributed by atoms with Gasteiger partial charge in [-0.1, -0.05) is 30.3 Å². The molecular formula is C15H18ClN3O3S. The number of amides is 2. The van der Waals surface area contributed by atoms with Gasteiger partial charge in [-0.05, 0) is 24.6 Å². The lowest BCUT2D eigenvalue weighted by Crippen LogP contribution is -2.28. The van der Waals surface area contributed by atoms with Gasteiger partial charge >= 0.3 is 0 Å². The van der Waals surface area contributed by atoms with Gasteiger partial charge in [-0.2, -0.15) is 0 Å². The molecule has 1 heterocycles. The van der Waals surface area contributed by atoms with Gasteiger partial charge in [0.25, 0.3) is 0 Å². The van der Waals surface area contributed by atoms with E-state index < -0.39 is 5.25 Å². The average molecular weight is 356 g/mol. The Bertz CT molecular complexity index is 636. The highest BCUT2D eigenvalue weighted by molar-refractivity contribution is 8.15. The first-order valence-electron chi connectivity index (χ1n) is 7.18. The number of hydrogen-bond donors (Lipinski definition) is 2. The second-order valence-corrected chi connectivity index (χ2v) is 6.48. The number of anilines is 1. The number of benzene rings is 1. The Hall–Kier alpha value is -1.73. The van der Waals surface area contributed by atoms with Crippen LogP contribution in [0.5, 0.6) is 5.75 Å². The van der Waals surface area contributed by atoms with Crippen LogP contribution in [0.25, 0.3) is 0 Å². The van der Waals surface area contributed by atoms with E-state index in [1.165, 1.54) is 18.9 Å². The zero-order valence-electron chi connectivity index (χ0n) is 12.9. The minimum absolute atomic E-state index is 0.0747. The van der Waals surface area contributed by atoms with E-state index in [1.54, 1.807) is 18.2 Å². The molecule has 1 aliphatic heterocycles. The molecule has 0 radical (unpaired) electrons. The first kappa shape index (κ1) is 17.6. The Morgan fingerprint density at radius 3 is 2.96 bits per heavy atom. The number of hydrogen-bond acceptors (Lipinski definition) is 5. The summed E-state index contributed by atoms with van der Waals surface area (Å²) in [6.07, 6.45) is 0.981. The lowest BCUT2D eigenvalue weighted by molar-refractivity contribution is -0.122. The first-order chi connectivity index (χ1) is 11.0. The first-order valence-corrected chi connectivity index (χ1v) is 8.44. The Labute approximate surface area is 144 Å². The van der Waals surface area contributed by atoms with Crippen LogP contribution in [0.4, 0.5) is 5.69 Å². The van der Waals surface area contributed by atoms with Gasteiger partial charge in [-0.3, -0.25) is 14.6 Å². The Balaban J connectivity index is 1.92. The summed E-state index contributed by atoms with van der Waals surface area (Å²) >= 11 is 7.30. The fourth-order valence-corrected chi connectivity index (χ4v) is 3.21. The van der Waals surface area contributed by atoms with Crippen molar-refractivity contribution in [3.63, 3.8) is 0 Å². The Morgan fingerprint density at radius 2 is 2.30 bits per heavy atom. The molecule has 1 fully saturated rings. The molecule has 124 valence electrons. The van der Waals surface area contributed by atoms with Crippen molar-refractivity contribution in [1.29, 1.82) is 0 Å². The molecule has 0 bridgehead atoms. The molecule has 1 aromatic carbocycles. The normalized spacial score (nSPS) is 18.8. The predicted octanol–water partition coefficient (Wildman–Crippen LogP) is 2.67. The number of aliphatic imine (C=N–C) groups is 1. The molecule has 23 heavy (non-hydrogen) atoms. The van der Waals surface area contributed by atoms with Crippen LogP contribution in [-0.2, 0) is 9.59 Å². The minimum Gasteiger partial charge on any atom is -0.495 e. The molecular weight excluding hydrogens is 338 g/mol. The molecule has 1 saturated heterocycles. The molecule has 0 saturated carbocycles. The number of rotatable bonds is 6. The van der Waals surface area contributed by atoms with Crippen molar-refractivity contribution in [3.05, 3.63) is 23.2 Å². The molecule has 1 atom stereocenters. The van der Waals surface area contributed by atoms with E-state index in [-0.39, 0.29) is 18.2 Å². The fourth-order valence-electron chi connectivity index (χ4n) is 1.95. The summed E-state index contributed by atoms with van der Waals surface area (Å²) < 4.78 is 5.06. The number of amidine groups is 1. The van der Waals surface area contributed by atoms with Crippen molar-refractivity contribution in [2.45, 2.75) is 25.0 Å². The second kappa shape index (κ2) is 8.21. The fraction of sp³-hybridized carbons (Fsp3) is 0.400. The van der Waals surface area contributed by atoms with Crippen LogP contribution < -0.4 is 15.4 Å². The summed E-state index contributed by atoms with van der Waals surface area (Å²) in [6, 6.07) is 4.97. The van der Waals surface area contributed by atoms with Gasteiger partial charge in [0.15, 0.2) is 5.17 Å². The van der Waals surface area contributed by atoms with Crippen LogP contribution in [0.1, 0.15) is 19.8 Å². The molecule has 6 nitrogen and oxygen atoms in total. The SMILES string of the molecule is CCCN=C1NC(=O)C(CC(=O)Nc2ccc(OC)c(Cl)c2)S1. The maximum atomic E-state index is 12.1. The monoisotopic (exact) mass is 355 g/mol. The quantitative estimate of drug-likeness (QED) is 0.822. The maximum absolute atomic E-state index is 12.1. The standard InChI is InChI=1S/C15H18ClN3O3S/c1-3-6-17-15-19-14(21)12(23-15)8-13(20)18-9-4-5-11(22-2)10(16)7-9/h4-5,7,12H,3,6,8H2,1-2H3,(H,18,20)(H,17,19,21). The highest BCUT2D eigenvalue weighted by Crippen LogP contribution is 2.28. The number of carbonyl (C=O) groups is 2. The molecule has 2 amide bonds. The third kappa shape index (κ3) is 4.87. The predicted molar refractivity (Wildman–Crippen MR) is 93.4 cm³/mol. The van der Waals surface area contributed by atoms with Crippen molar-refractivity contribution < 1.29 is 14.3 Å². The van der Waals surface area contributed by atoms with E-state index in [1.807, 2.05) is 6.92 Å². The molecule has 0 aromatic heterocycles. The van der Waals surface area contributed by atoms with Crippen LogP contribution in [0.2, 0.25) is 5.02 Å². The summed E-state index contributed by atoms with van der Waals surface area (Å²) in [5.41, 5.74) is 0.559. The summed E-state index contributed by atoms with van der Waals surface area (Å²) in [4.78, 5) is 28.2. The highest BCUT2D eigenvalue weighted by atomic mass is 35.5. The maximum Gasteiger partial charge on any atom is 0.240 e. The van der Waals surface area contributed by atoms with Crippen molar-refractivity contribution in [2.24, 2.45) is 4.99 Å². The van der Waals surface area contributed by atoms with E-state index in [9.17, 15) is 9.59 Å². The molecule has 1 unspecified atom stereocenters. The van der Waals surface area contributed by atoms with Crippen molar-refractivity contribution in [3.8, 4) is 5.75 Å². The largest absolute Gasteiger partial charge is 0.495 e. The van der Waals surface area contributed by atoms with Crippen LogP contribution in [0.15, 0.2) is 23.2 Å². The average Bonchev–Trinajstić information content (AvgIpc) is 2.85. The van der Waals surface area contributed by atoms with Gasteiger partial charge in [0, 0.05) is 18.7 Å². The van der Waals surface area contributed by atoms with E-state index >= 15 is 0 Å². The smallest absolute Gasteiger partial charge is 0.240 e. The van der Waals surface area contributed by atoms with Crippen LogP contribution in [0.3, 0.4) is 0 Å². The van der Waals surface area contributed by atoms with Gasteiger partial charge in [-0.25, -0.2) is 0 Å². The molecule has 2 rings (SSSR count). The third-order valence-corrected chi connectivity index (χ3v) is 4.48. The summed E-state index contributed by atoms with van der Waals surface area (Å²) in [5, 5.41) is 5.95. The minimum atomic E-state index is -0.459. The second-order valence-electron chi connectivity index (χ2n) is 4.88. The van der Waals surface area contributed by atoms with E-state index in [0.29, 0.717) is 28.2 Å². The number of nitrogens with zero attached hydrogens (tertiary/aromatic N) is 1. The van der Waals surface area contributed by atoms with Gasteiger partial charge in [-0.15, -0.1) is 0 Å². The van der Waals surface area contributed by atoms with Crippen LogP contribution in [0, 0.1) is 0 Å². The van der Waals surface area contributed by atoms with Crippen LogP contribution in [-0.4, -0.2) is 35.9 Å². The van der Waals surface area contributed by atoms with E-state index in [4.69, 9.17) is 16.3 Å².